The van der Waals surface area contributed by atoms with E-state index >= 15 is 0 Å². The largest absolute Gasteiger partial charge is 0.460 e. The maximum Gasteiger partial charge on any atom is 0.460 e. The Balaban J connectivity index is 2.32. The Morgan fingerprint density at radius 1 is 1.32 bits per heavy atom. The van der Waals surface area contributed by atoms with Gasteiger partial charge in [0, 0.05) is 4.92 Å². The molecule has 1 aliphatic rings. The van der Waals surface area contributed by atoms with Gasteiger partial charge in [-0.3, -0.25) is 10.1 Å². The van der Waals surface area contributed by atoms with E-state index in [0.717, 1.165) is 12.1 Å². The molecule has 0 aromatic heterocycles. The summed E-state index contributed by atoms with van der Waals surface area (Å²) < 4.78 is 47.4. The molecule has 19 heavy (non-hydrogen) atoms. The van der Waals surface area contributed by atoms with E-state index in [1.165, 1.54) is 6.07 Å². The number of nitrogens with zero attached hydrogens (tertiary/aromatic N) is 1. The zero-order valence-electron chi connectivity index (χ0n) is 9.26. The van der Waals surface area contributed by atoms with Crippen molar-refractivity contribution >= 4 is 0 Å². The van der Waals surface area contributed by atoms with Crippen molar-refractivity contribution in [1.82, 2.24) is 0 Å². The maximum absolute atomic E-state index is 12.5. The zero-order chi connectivity index (χ0) is 14.2. The van der Waals surface area contributed by atoms with Crippen LogP contribution in [0.15, 0.2) is 18.2 Å². The van der Waals surface area contributed by atoms with Crippen molar-refractivity contribution in [1.29, 1.82) is 0 Å². The summed E-state index contributed by atoms with van der Waals surface area (Å²) in [5.41, 5.74) is -0.261. The second-order valence-electron chi connectivity index (χ2n) is 3.83. The van der Waals surface area contributed by atoms with Crippen LogP contribution < -0.4 is 9.47 Å². The van der Waals surface area contributed by atoms with E-state index in [9.17, 15) is 28.4 Å². The van der Waals surface area contributed by atoms with Gasteiger partial charge in [0.2, 0.25) is 6.79 Å². The molecule has 0 spiro atoms. The summed E-state index contributed by atoms with van der Waals surface area (Å²) in [4.78, 5) is 8.90. The molecule has 104 valence electrons. The topological polar surface area (TPSA) is 81.8 Å². The Hall–Kier alpha value is -2.03. The number of alkyl halides is 3. The third-order valence-electron chi connectivity index (χ3n) is 2.60. The summed E-state index contributed by atoms with van der Waals surface area (Å²) in [7, 11) is 0. The Kier molecular flexibility index (Phi) is 3.23. The molecule has 9 heteroatoms. The average Bonchev–Trinajstić information content (AvgIpc) is 2.72. The van der Waals surface area contributed by atoms with Gasteiger partial charge < -0.3 is 14.6 Å². The summed E-state index contributed by atoms with van der Waals surface area (Å²) >= 11 is 0. The normalized spacial score (nSPS) is 17.1. The highest BCUT2D eigenvalue weighted by Crippen LogP contribution is 2.37. The second kappa shape index (κ2) is 4.57. The van der Waals surface area contributed by atoms with Crippen molar-refractivity contribution in [3.05, 3.63) is 33.9 Å². The lowest BCUT2D eigenvalue weighted by Gasteiger charge is -2.18. The van der Waals surface area contributed by atoms with Gasteiger partial charge in [-0.15, -0.1) is 0 Å². The van der Waals surface area contributed by atoms with E-state index in [-0.39, 0.29) is 18.1 Å². The molecular formula is C10H8F3NO5. The van der Waals surface area contributed by atoms with Crippen molar-refractivity contribution in [3.8, 4) is 11.5 Å². The zero-order valence-corrected chi connectivity index (χ0v) is 9.26. The Labute approximate surface area is 104 Å². The Morgan fingerprint density at radius 3 is 2.53 bits per heavy atom. The predicted molar refractivity (Wildman–Crippen MR) is 54.4 cm³/mol. The molecule has 1 aliphatic heterocycles. The van der Waals surface area contributed by atoms with Gasteiger partial charge in [0.25, 0.3) is 0 Å². The summed E-state index contributed by atoms with van der Waals surface area (Å²) in [5.74, 6) is 0.446. The molecule has 1 N–H and O–H groups in total. The second-order valence-corrected chi connectivity index (χ2v) is 3.83. The fourth-order valence-corrected chi connectivity index (χ4v) is 1.69. The van der Waals surface area contributed by atoms with E-state index < -0.39 is 23.2 Å². The molecule has 0 bridgehead atoms. The van der Waals surface area contributed by atoms with Gasteiger partial charge in [-0.25, -0.2) is 0 Å². The number of hydrogen-bond donors (Lipinski definition) is 1. The molecule has 1 aromatic carbocycles. The summed E-state index contributed by atoms with van der Waals surface area (Å²) in [6, 6.07) is 0.414. The molecular weight excluding hydrogens is 271 g/mol. The fourth-order valence-electron chi connectivity index (χ4n) is 1.69. The van der Waals surface area contributed by atoms with Crippen LogP contribution >= 0.6 is 0 Å². The lowest BCUT2D eigenvalue weighted by atomic mass is 10.0. The van der Waals surface area contributed by atoms with Gasteiger partial charge in [0.05, 0.1) is 0 Å². The first-order valence-corrected chi connectivity index (χ1v) is 5.08. The number of nitro groups is 1. The molecule has 0 saturated carbocycles. The number of hydrogen-bond acceptors (Lipinski definition) is 5. The minimum Gasteiger partial charge on any atom is -0.454 e. The smallest absolute Gasteiger partial charge is 0.454 e. The minimum absolute atomic E-state index is 0.0905. The van der Waals surface area contributed by atoms with Crippen molar-refractivity contribution in [2.24, 2.45) is 0 Å². The molecule has 2 rings (SSSR count). The number of aliphatic hydroxyl groups excluding tert-OH is 1. The summed E-state index contributed by atoms with van der Waals surface area (Å²) in [6.07, 6.45) is -7.47. The van der Waals surface area contributed by atoms with Crippen LogP contribution in [0.2, 0.25) is 0 Å². The third-order valence-corrected chi connectivity index (χ3v) is 2.60. The van der Waals surface area contributed by atoms with Gasteiger partial charge in [-0.1, -0.05) is 6.07 Å². The average molecular weight is 279 g/mol. The molecule has 6 nitrogen and oxygen atoms in total. The highest BCUT2D eigenvalue weighted by atomic mass is 19.4. The number of ether oxygens (including phenoxy) is 2. The Bertz CT molecular complexity index is 504. The summed E-state index contributed by atoms with van der Waals surface area (Å²) in [6.45, 7) is -0.0905. The number of halogens is 3. The first kappa shape index (κ1) is 13.4. The van der Waals surface area contributed by atoms with Crippen molar-refractivity contribution in [2.45, 2.75) is 18.3 Å². The standard InChI is InChI=1S/C10H8F3NO5/c11-10(12,13)9(14(16)17)8(15)5-1-2-6-7(3-5)19-4-18-6/h1-3,8-9,15H,4H2. The molecule has 0 radical (unpaired) electrons. The van der Waals surface area contributed by atoms with Crippen LogP contribution in [0.25, 0.3) is 0 Å². The van der Waals surface area contributed by atoms with Crippen molar-refractivity contribution < 1.29 is 32.7 Å². The van der Waals surface area contributed by atoms with Crippen LogP contribution in [0.3, 0.4) is 0 Å². The van der Waals surface area contributed by atoms with Crippen molar-refractivity contribution in [3.63, 3.8) is 0 Å². The molecule has 0 amide bonds. The number of rotatable bonds is 3. The van der Waals surface area contributed by atoms with Gasteiger partial charge in [0.15, 0.2) is 17.6 Å². The van der Waals surface area contributed by atoms with Crippen LogP contribution in [0, 0.1) is 10.1 Å². The first-order chi connectivity index (χ1) is 8.80. The van der Waals surface area contributed by atoms with Crippen LogP contribution in [-0.2, 0) is 0 Å². The molecule has 1 heterocycles. The molecule has 0 aliphatic carbocycles. The monoisotopic (exact) mass is 279 g/mol. The first-order valence-electron chi connectivity index (χ1n) is 5.08. The fraction of sp³-hybridized carbons (Fsp3) is 0.400. The minimum atomic E-state index is -5.15. The van der Waals surface area contributed by atoms with E-state index in [1.807, 2.05) is 0 Å². The van der Waals surface area contributed by atoms with Crippen LogP contribution in [-0.4, -0.2) is 29.0 Å². The molecule has 0 fully saturated rings. The molecule has 1 aromatic rings. The van der Waals surface area contributed by atoms with Gasteiger partial charge in [-0.2, -0.15) is 13.2 Å². The maximum atomic E-state index is 12.5. The molecule has 2 unspecified atom stereocenters. The summed E-state index contributed by atoms with van der Waals surface area (Å²) in [5, 5.41) is 20.0. The van der Waals surface area contributed by atoms with E-state index in [4.69, 9.17) is 9.47 Å². The van der Waals surface area contributed by atoms with Crippen LogP contribution in [0.5, 0.6) is 11.5 Å². The van der Waals surface area contributed by atoms with E-state index in [1.54, 1.807) is 0 Å². The van der Waals surface area contributed by atoms with E-state index in [0.29, 0.717) is 5.75 Å². The van der Waals surface area contributed by atoms with Crippen LogP contribution in [0.1, 0.15) is 11.7 Å². The number of aliphatic hydroxyl groups is 1. The predicted octanol–water partition coefficient (Wildman–Crippen LogP) is 1.66. The van der Waals surface area contributed by atoms with Crippen molar-refractivity contribution in [2.75, 3.05) is 6.79 Å². The van der Waals surface area contributed by atoms with Gasteiger partial charge in [0.1, 0.15) is 0 Å². The third kappa shape index (κ3) is 2.55. The molecule has 2 atom stereocenters. The molecule has 0 saturated heterocycles. The highest BCUT2D eigenvalue weighted by molar-refractivity contribution is 5.45. The van der Waals surface area contributed by atoms with E-state index in [2.05, 4.69) is 0 Å². The number of fused-ring (bicyclic) bond motifs is 1. The lowest BCUT2D eigenvalue weighted by molar-refractivity contribution is -0.575. The van der Waals surface area contributed by atoms with Gasteiger partial charge >= 0.3 is 12.2 Å². The highest BCUT2D eigenvalue weighted by Gasteiger charge is 2.54. The number of benzene rings is 1. The SMILES string of the molecule is O=[N+]([O-])C(C(O)c1ccc2c(c1)OCO2)C(F)(F)F. The lowest BCUT2D eigenvalue weighted by Crippen LogP contribution is -2.41. The van der Waals surface area contributed by atoms with Gasteiger partial charge in [-0.05, 0) is 17.7 Å². The quantitative estimate of drug-likeness (QED) is 0.672. The Morgan fingerprint density at radius 2 is 1.95 bits per heavy atom. The van der Waals surface area contributed by atoms with Crippen LogP contribution in [0.4, 0.5) is 13.2 Å².